The zero-order chi connectivity index (χ0) is 13.7. The molecule has 0 heterocycles. The monoisotopic (exact) mass is 253 g/mol. The van der Waals surface area contributed by atoms with E-state index < -0.39 is 0 Å². The summed E-state index contributed by atoms with van der Waals surface area (Å²) in [6, 6.07) is 4.77. The van der Waals surface area contributed by atoms with E-state index in [0.29, 0.717) is 17.1 Å². The topological polar surface area (TPSA) is 59.0 Å². The summed E-state index contributed by atoms with van der Waals surface area (Å²) in [7, 11) is 4.70. The molecule has 100 valence electrons. The van der Waals surface area contributed by atoms with Crippen LogP contribution in [0.5, 0.6) is 11.5 Å². The van der Waals surface area contributed by atoms with Crippen LogP contribution in [0.15, 0.2) is 18.2 Å². The molecule has 0 radical (unpaired) electrons. The number of hydrogen-bond donors (Lipinski definition) is 1. The molecule has 0 aromatic heterocycles. The van der Waals surface area contributed by atoms with E-state index in [1.165, 1.54) is 12.0 Å². The normalized spacial score (nSPS) is 11.8. The van der Waals surface area contributed by atoms with Crippen molar-refractivity contribution >= 4 is 5.91 Å². The fourth-order valence-corrected chi connectivity index (χ4v) is 1.49. The molecule has 1 amide bonds. The fourth-order valence-electron chi connectivity index (χ4n) is 1.49. The highest BCUT2D eigenvalue weighted by atomic mass is 16.5. The number of benzene rings is 1. The predicted octanol–water partition coefficient (Wildman–Crippen LogP) is 1.16. The van der Waals surface area contributed by atoms with Crippen LogP contribution >= 0.6 is 0 Å². The van der Waals surface area contributed by atoms with E-state index in [1.54, 1.807) is 39.3 Å². The van der Waals surface area contributed by atoms with Gasteiger partial charge in [-0.3, -0.25) is 4.79 Å². The second-order valence-corrected chi connectivity index (χ2v) is 4.01. The van der Waals surface area contributed by atoms with Gasteiger partial charge in [0.15, 0.2) is 0 Å². The van der Waals surface area contributed by atoms with Gasteiger partial charge in [-0.2, -0.15) is 0 Å². The molecular formula is C13H19NO4. The Kier molecular flexibility index (Phi) is 4.97. The first kappa shape index (κ1) is 14.3. The van der Waals surface area contributed by atoms with Crippen molar-refractivity contribution in [2.75, 3.05) is 27.9 Å². The Morgan fingerprint density at radius 2 is 2.06 bits per heavy atom. The summed E-state index contributed by atoms with van der Waals surface area (Å²) >= 11 is 0. The van der Waals surface area contributed by atoms with Gasteiger partial charge in [-0.15, -0.1) is 0 Å². The lowest BCUT2D eigenvalue weighted by Gasteiger charge is -2.24. The molecule has 1 unspecified atom stereocenters. The highest BCUT2D eigenvalue weighted by Gasteiger charge is 2.20. The third-order valence-corrected chi connectivity index (χ3v) is 2.88. The quantitative estimate of drug-likeness (QED) is 0.855. The molecule has 1 atom stereocenters. The smallest absolute Gasteiger partial charge is 0.257 e. The van der Waals surface area contributed by atoms with E-state index in [-0.39, 0.29) is 18.6 Å². The molecule has 0 bridgehead atoms. The van der Waals surface area contributed by atoms with Crippen molar-refractivity contribution in [2.24, 2.45) is 0 Å². The van der Waals surface area contributed by atoms with Gasteiger partial charge < -0.3 is 19.5 Å². The number of carbonyl (C=O) groups is 1. The molecule has 1 rings (SSSR count). The highest BCUT2D eigenvalue weighted by Crippen LogP contribution is 2.25. The Morgan fingerprint density at radius 1 is 1.39 bits per heavy atom. The number of carbonyl (C=O) groups excluding carboxylic acids is 1. The average Bonchev–Trinajstić information content (AvgIpc) is 2.43. The Balaban J connectivity index is 3.05. The van der Waals surface area contributed by atoms with E-state index in [0.717, 1.165) is 0 Å². The van der Waals surface area contributed by atoms with Crippen LogP contribution in [-0.4, -0.2) is 49.8 Å². The number of nitrogens with zero attached hydrogens (tertiary/aromatic N) is 1. The molecule has 5 heteroatoms. The number of amides is 1. The van der Waals surface area contributed by atoms with Crippen molar-refractivity contribution in [1.82, 2.24) is 4.90 Å². The molecule has 5 nitrogen and oxygen atoms in total. The van der Waals surface area contributed by atoms with Crippen LogP contribution in [0.25, 0.3) is 0 Å². The Hall–Kier alpha value is -1.75. The second kappa shape index (κ2) is 6.26. The van der Waals surface area contributed by atoms with Gasteiger partial charge in [0, 0.05) is 13.1 Å². The number of aliphatic hydroxyl groups excluding tert-OH is 1. The van der Waals surface area contributed by atoms with Gasteiger partial charge in [0.1, 0.15) is 11.5 Å². The maximum Gasteiger partial charge on any atom is 0.257 e. The number of aliphatic hydroxyl groups is 1. The predicted molar refractivity (Wildman–Crippen MR) is 68.2 cm³/mol. The molecule has 0 spiro atoms. The molecule has 18 heavy (non-hydrogen) atoms. The third kappa shape index (κ3) is 2.92. The average molecular weight is 253 g/mol. The molecule has 0 fully saturated rings. The first-order valence-corrected chi connectivity index (χ1v) is 5.65. The molecule has 1 aromatic carbocycles. The first-order valence-electron chi connectivity index (χ1n) is 5.65. The highest BCUT2D eigenvalue weighted by molar-refractivity contribution is 5.97. The maximum absolute atomic E-state index is 12.2. The van der Waals surface area contributed by atoms with Crippen LogP contribution in [-0.2, 0) is 0 Å². The lowest BCUT2D eigenvalue weighted by Crippen LogP contribution is -2.37. The minimum Gasteiger partial charge on any atom is -0.497 e. The van der Waals surface area contributed by atoms with Crippen LogP contribution in [0.2, 0.25) is 0 Å². The SMILES string of the molecule is COc1ccc(C(=O)N(C)C(C)CO)c(OC)c1. The van der Waals surface area contributed by atoms with Crippen molar-refractivity contribution in [3.8, 4) is 11.5 Å². The largest absolute Gasteiger partial charge is 0.497 e. The summed E-state index contributed by atoms with van der Waals surface area (Å²) in [5.74, 6) is 0.883. The van der Waals surface area contributed by atoms with E-state index in [4.69, 9.17) is 14.6 Å². The van der Waals surface area contributed by atoms with Crippen molar-refractivity contribution in [1.29, 1.82) is 0 Å². The maximum atomic E-state index is 12.2. The van der Waals surface area contributed by atoms with E-state index >= 15 is 0 Å². The van der Waals surface area contributed by atoms with E-state index in [1.807, 2.05) is 0 Å². The van der Waals surface area contributed by atoms with Crippen LogP contribution in [0.1, 0.15) is 17.3 Å². The molecular weight excluding hydrogens is 234 g/mol. The molecule has 0 saturated heterocycles. The molecule has 0 aliphatic carbocycles. The van der Waals surface area contributed by atoms with Gasteiger partial charge >= 0.3 is 0 Å². The van der Waals surface area contributed by atoms with Crippen molar-refractivity contribution < 1.29 is 19.4 Å². The first-order chi connectivity index (χ1) is 8.54. The molecule has 0 aliphatic heterocycles. The number of ether oxygens (including phenoxy) is 2. The third-order valence-electron chi connectivity index (χ3n) is 2.88. The van der Waals surface area contributed by atoms with Crippen LogP contribution in [0.4, 0.5) is 0 Å². The molecule has 1 N–H and O–H groups in total. The fraction of sp³-hybridized carbons (Fsp3) is 0.462. The molecule has 0 saturated carbocycles. The summed E-state index contributed by atoms with van der Waals surface area (Å²) in [5, 5.41) is 9.06. The Labute approximate surface area is 107 Å². The van der Waals surface area contributed by atoms with E-state index in [2.05, 4.69) is 0 Å². The van der Waals surface area contributed by atoms with Crippen LogP contribution in [0.3, 0.4) is 0 Å². The molecule has 0 aliphatic rings. The summed E-state index contributed by atoms with van der Waals surface area (Å²) in [6.45, 7) is 1.69. The second-order valence-electron chi connectivity index (χ2n) is 4.01. The summed E-state index contributed by atoms with van der Waals surface area (Å²) in [6.07, 6.45) is 0. The van der Waals surface area contributed by atoms with Gasteiger partial charge in [-0.05, 0) is 19.1 Å². The minimum atomic E-state index is -0.246. The van der Waals surface area contributed by atoms with Crippen molar-refractivity contribution in [3.63, 3.8) is 0 Å². The van der Waals surface area contributed by atoms with Crippen LogP contribution < -0.4 is 9.47 Å². The van der Waals surface area contributed by atoms with Gasteiger partial charge in [0.2, 0.25) is 0 Å². The lowest BCUT2D eigenvalue weighted by molar-refractivity contribution is 0.0679. The number of hydrogen-bond acceptors (Lipinski definition) is 4. The summed E-state index contributed by atoms with van der Waals surface area (Å²) in [5.41, 5.74) is 0.445. The summed E-state index contributed by atoms with van der Waals surface area (Å²) in [4.78, 5) is 13.7. The van der Waals surface area contributed by atoms with Gasteiger partial charge in [0.05, 0.1) is 32.4 Å². The van der Waals surface area contributed by atoms with Gasteiger partial charge in [-0.25, -0.2) is 0 Å². The minimum absolute atomic E-state index is 0.0826. The van der Waals surface area contributed by atoms with Gasteiger partial charge in [-0.1, -0.05) is 0 Å². The summed E-state index contributed by atoms with van der Waals surface area (Å²) < 4.78 is 10.3. The number of likely N-dealkylation sites (N-methyl/N-ethyl adjacent to an activating group) is 1. The van der Waals surface area contributed by atoms with E-state index in [9.17, 15) is 4.79 Å². The lowest BCUT2D eigenvalue weighted by atomic mass is 10.1. The Morgan fingerprint density at radius 3 is 2.56 bits per heavy atom. The number of rotatable bonds is 5. The number of methoxy groups -OCH3 is 2. The van der Waals surface area contributed by atoms with Gasteiger partial charge in [0.25, 0.3) is 5.91 Å². The van der Waals surface area contributed by atoms with Crippen molar-refractivity contribution in [3.05, 3.63) is 23.8 Å². The standard InChI is InChI=1S/C13H19NO4/c1-9(8-15)14(2)13(16)11-6-5-10(17-3)7-12(11)18-4/h5-7,9,15H,8H2,1-4H3. The van der Waals surface area contributed by atoms with Crippen LogP contribution in [0, 0.1) is 0 Å². The zero-order valence-electron chi connectivity index (χ0n) is 11.1. The molecule has 1 aromatic rings. The zero-order valence-corrected chi connectivity index (χ0v) is 11.1. The van der Waals surface area contributed by atoms with Crippen molar-refractivity contribution in [2.45, 2.75) is 13.0 Å². The Bertz CT molecular complexity index is 419.